The van der Waals surface area contributed by atoms with Crippen LogP contribution in [0.4, 0.5) is 0 Å². The van der Waals surface area contributed by atoms with Gasteiger partial charge in [0.15, 0.2) is 12.7 Å². The lowest BCUT2D eigenvalue weighted by atomic mass is 9.97. The van der Waals surface area contributed by atoms with E-state index in [9.17, 15) is 4.79 Å². The maximum atomic E-state index is 13.9. The molecule has 0 saturated heterocycles. The summed E-state index contributed by atoms with van der Waals surface area (Å²) in [5.41, 5.74) is 2.63. The lowest BCUT2D eigenvalue weighted by Crippen LogP contribution is -2.41. The van der Waals surface area contributed by atoms with E-state index in [1.165, 1.54) is 5.56 Å². The molecule has 2 nitrogen and oxygen atoms in total. The Morgan fingerprint density at radius 1 is 0.621 bits per heavy atom. The zero-order valence-corrected chi connectivity index (χ0v) is 16.0. The summed E-state index contributed by atoms with van der Waals surface area (Å²) in [4.78, 5) is 13.9. The van der Waals surface area contributed by atoms with Crippen molar-refractivity contribution in [2.75, 3.05) is 0 Å². The number of hydrogen-bond donors (Lipinski definition) is 0. The van der Waals surface area contributed by atoms with Crippen molar-refractivity contribution in [1.82, 2.24) is 0 Å². The second-order valence-electron chi connectivity index (χ2n) is 7.22. The van der Waals surface area contributed by atoms with Crippen molar-refractivity contribution in [3.63, 3.8) is 0 Å². The van der Waals surface area contributed by atoms with E-state index >= 15 is 0 Å². The van der Waals surface area contributed by atoms with Gasteiger partial charge >= 0.3 is 0 Å². The van der Waals surface area contributed by atoms with Gasteiger partial charge in [-0.15, -0.1) is 0 Å². The summed E-state index contributed by atoms with van der Waals surface area (Å²) >= 11 is 0. The van der Waals surface area contributed by atoms with Crippen LogP contribution in [0.5, 0.6) is 0 Å². The van der Waals surface area contributed by atoms with Gasteiger partial charge in [0.05, 0.1) is 5.39 Å². The Labute approximate surface area is 169 Å². The van der Waals surface area contributed by atoms with E-state index in [2.05, 4.69) is 28.8 Å². The summed E-state index contributed by atoms with van der Waals surface area (Å²) in [5, 5.41) is 4.11. The van der Waals surface area contributed by atoms with Crippen LogP contribution >= 0.6 is 0 Å². The van der Waals surface area contributed by atoms with Gasteiger partial charge in [0.25, 0.3) is 11.5 Å². The molecule has 138 valence electrons. The molecule has 4 aromatic carbocycles. The molecule has 2 heteroatoms. The lowest BCUT2D eigenvalue weighted by Gasteiger charge is -2.09. The number of fused-ring (bicyclic) bond motifs is 2. The van der Waals surface area contributed by atoms with E-state index in [4.69, 9.17) is 0 Å². The van der Waals surface area contributed by atoms with Crippen molar-refractivity contribution < 1.29 is 9.36 Å². The Morgan fingerprint density at radius 3 is 2.03 bits per heavy atom. The molecule has 0 amide bonds. The van der Waals surface area contributed by atoms with Crippen LogP contribution in [0.25, 0.3) is 21.5 Å². The van der Waals surface area contributed by atoms with Crippen LogP contribution < -0.4 is 4.57 Å². The van der Waals surface area contributed by atoms with Gasteiger partial charge in [0, 0.05) is 17.2 Å². The Morgan fingerprint density at radius 2 is 1.24 bits per heavy atom. The van der Waals surface area contributed by atoms with Crippen molar-refractivity contribution in [3.05, 3.63) is 126 Å². The van der Waals surface area contributed by atoms with Crippen LogP contribution in [0.2, 0.25) is 0 Å². The topological polar surface area (TPSA) is 20.9 Å². The van der Waals surface area contributed by atoms with Gasteiger partial charge in [0.1, 0.15) is 0 Å². The van der Waals surface area contributed by atoms with Crippen molar-refractivity contribution in [2.45, 2.75) is 6.54 Å². The maximum absolute atomic E-state index is 13.9. The molecule has 0 aliphatic rings. The van der Waals surface area contributed by atoms with Gasteiger partial charge in [-0.2, -0.15) is 4.57 Å². The molecule has 0 fully saturated rings. The Kier molecular flexibility index (Phi) is 4.38. The molecule has 0 saturated carbocycles. The molecule has 0 unspecified atom stereocenters. The molecule has 0 radical (unpaired) electrons. The van der Waals surface area contributed by atoms with E-state index in [-0.39, 0.29) is 5.78 Å². The molecule has 0 aliphatic heterocycles. The van der Waals surface area contributed by atoms with Crippen LogP contribution in [-0.4, -0.2) is 5.78 Å². The van der Waals surface area contributed by atoms with E-state index < -0.39 is 0 Å². The van der Waals surface area contributed by atoms with E-state index in [0.717, 1.165) is 32.8 Å². The smallest absolute Gasteiger partial charge is 0.261 e. The first-order chi connectivity index (χ1) is 14.3. The standard InChI is InChI=1S/C27H20NO/c29-27(25-16-8-13-21-11-4-6-14-23(21)25)26-24-15-7-5-12-22(24)17-18-28(26)19-20-9-2-1-3-10-20/h1-18H,19H2/q+1. The monoisotopic (exact) mass is 374 g/mol. The van der Waals surface area contributed by atoms with Gasteiger partial charge in [-0.25, -0.2) is 0 Å². The minimum Gasteiger partial charge on any atom is -0.282 e. The van der Waals surface area contributed by atoms with E-state index in [1.54, 1.807) is 0 Å². The van der Waals surface area contributed by atoms with Crippen LogP contribution in [-0.2, 0) is 6.54 Å². The summed E-state index contributed by atoms with van der Waals surface area (Å²) in [6.07, 6.45) is 2.02. The summed E-state index contributed by atoms with van der Waals surface area (Å²) < 4.78 is 2.07. The molecule has 5 rings (SSSR count). The fourth-order valence-corrected chi connectivity index (χ4v) is 3.97. The molecular weight excluding hydrogens is 354 g/mol. The molecule has 5 aromatic rings. The first kappa shape index (κ1) is 17.3. The number of nitrogens with zero attached hydrogens (tertiary/aromatic N) is 1. The van der Waals surface area contributed by atoms with Crippen molar-refractivity contribution in [2.24, 2.45) is 0 Å². The fourth-order valence-electron chi connectivity index (χ4n) is 3.97. The SMILES string of the molecule is O=C(c1cccc2ccccc12)c1c2ccccc2cc[n+]1Cc1ccccc1. The molecule has 1 heterocycles. The molecule has 0 aliphatic carbocycles. The molecular formula is C27H20NO+. The number of carbonyl (C=O) groups is 1. The van der Waals surface area contributed by atoms with Crippen LogP contribution in [0.3, 0.4) is 0 Å². The Hall–Kier alpha value is -3.78. The average molecular weight is 374 g/mol. The highest BCUT2D eigenvalue weighted by Crippen LogP contribution is 2.24. The molecule has 0 atom stereocenters. The predicted molar refractivity (Wildman–Crippen MR) is 117 cm³/mol. The lowest BCUT2D eigenvalue weighted by molar-refractivity contribution is -0.688. The summed E-state index contributed by atoms with van der Waals surface area (Å²) in [6, 6.07) is 34.4. The third-order valence-corrected chi connectivity index (χ3v) is 5.38. The fraction of sp³-hybridized carbons (Fsp3) is 0.0370. The van der Waals surface area contributed by atoms with Crippen LogP contribution in [0.15, 0.2) is 109 Å². The molecule has 29 heavy (non-hydrogen) atoms. The highest BCUT2D eigenvalue weighted by Gasteiger charge is 2.25. The second kappa shape index (κ2) is 7.33. The zero-order valence-electron chi connectivity index (χ0n) is 16.0. The first-order valence-corrected chi connectivity index (χ1v) is 9.79. The number of carbonyl (C=O) groups excluding carboxylic acids is 1. The third-order valence-electron chi connectivity index (χ3n) is 5.38. The van der Waals surface area contributed by atoms with Crippen molar-refractivity contribution >= 4 is 27.3 Å². The Balaban J connectivity index is 1.74. The van der Waals surface area contributed by atoms with E-state index in [0.29, 0.717) is 6.54 Å². The van der Waals surface area contributed by atoms with Gasteiger partial charge in [0.2, 0.25) is 0 Å². The summed E-state index contributed by atoms with van der Waals surface area (Å²) in [5.74, 6) is 0.0505. The van der Waals surface area contributed by atoms with Gasteiger partial charge in [-0.3, -0.25) is 4.79 Å². The molecule has 0 N–H and O–H groups in total. The Bertz CT molecular complexity index is 1330. The molecule has 1 aromatic heterocycles. The summed E-state index contributed by atoms with van der Waals surface area (Å²) in [7, 11) is 0. The quantitative estimate of drug-likeness (QED) is 0.298. The van der Waals surface area contributed by atoms with Crippen LogP contribution in [0.1, 0.15) is 21.6 Å². The number of ketones is 1. The maximum Gasteiger partial charge on any atom is 0.261 e. The van der Waals surface area contributed by atoms with Gasteiger partial charge < -0.3 is 0 Å². The number of rotatable bonds is 4. The number of hydrogen-bond acceptors (Lipinski definition) is 1. The normalized spacial score (nSPS) is 11.0. The van der Waals surface area contributed by atoms with Gasteiger partial charge in [-0.1, -0.05) is 91.0 Å². The van der Waals surface area contributed by atoms with Gasteiger partial charge in [-0.05, 0) is 22.2 Å². The summed E-state index contributed by atoms with van der Waals surface area (Å²) in [6.45, 7) is 0.650. The van der Waals surface area contributed by atoms with Crippen molar-refractivity contribution in [3.8, 4) is 0 Å². The van der Waals surface area contributed by atoms with E-state index in [1.807, 2.05) is 85.1 Å². The minimum absolute atomic E-state index is 0.0505. The molecule has 0 bridgehead atoms. The highest BCUT2D eigenvalue weighted by molar-refractivity contribution is 6.19. The second-order valence-corrected chi connectivity index (χ2v) is 7.22. The number of benzene rings is 4. The molecule has 0 spiro atoms. The average Bonchev–Trinajstić information content (AvgIpc) is 2.79. The van der Waals surface area contributed by atoms with Crippen molar-refractivity contribution in [1.29, 1.82) is 0 Å². The number of pyridine rings is 1. The number of aromatic nitrogens is 1. The first-order valence-electron chi connectivity index (χ1n) is 9.79. The zero-order chi connectivity index (χ0) is 19.6. The highest BCUT2D eigenvalue weighted by atomic mass is 16.1. The largest absolute Gasteiger partial charge is 0.282 e. The third kappa shape index (κ3) is 3.19. The predicted octanol–water partition coefficient (Wildman–Crippen LogP) is 5.56. The minimum atomic E-state index is 0.0505. The van der Waals surface area contributed by atoms with Crippen LogP contribution in [0, 0.1) is 0 Å².